The summed E-state index contributed by atoms with van der Waals surface area (Å²) in [5.74, 6) is -2.15. The molecule has 1 atom stereocenters. The van der Waals surface area contributed by atoms with E-state index < -0.39 is 23.9 Å². The molecular weight excluding hydrogens is 400 g/mol. The van der Waals surface area contributed by atoms with Crippen LogP contribution in [-0.2, 0) is 14.4 Å². The van der Waals surface area contributed by atoms with Gasteiger partial charge in [-0.1, -0.05) is 29.8 Å². The number of benzene rings is 2. The number of halogens is 1. The monoisotopic (exact) mass is 416 g/mol. The molecular formula is C20H17ClN2O6. The molecule has 8 nitrogen and oxygen atoms in total. The van der Waals surface area contributed by atoms with Gasteiger partial charge in [0, 0.05) is 16.7 Å². The average Bonchev–Trinajstić information content (AvgIpc) is 2.98. The van der Waals surface area contributed by atoms with E-state index in [-0.39, 0.29) is 27.7 Å². The Morgan fingerprint density at radius 2 is 1.93 bits per heavy atom. The Bertz CT molecular complexity index is 1010. The van der Waals surface area contributed by atoms with E-state index in [0.29, 0.717) is 5.69 Å². The number of nitrogens with zero attached hydrogens (tertiary/aromatic N) is 1. The number of anilines is 1. The van der Waals surface area contributed by atoms with E-state index in [4.69, 9.17) is 26.2 Å². The molecule has 1 saturated heterocycles. The van der Waals surface area contributed by atoms with Crippen molar-refractivity contribution < 1.29 is 29.0 Å². The number of methoxy groups -OCH3 is 1. The third kappa shape index (κ3) is 4.17. The molecule has 0 bridgehead atoms. The topological polar surface area (TPSA) is 105 Å². The second kappa shape index (κ2) is 8.24. The first kappa shape index (κ1) is 20.2. The van der Waals surface area contributed by atoms with Crippen molar-refractivity contribution in [2.75, 3.05) is 12.1 Å². The van der Waals surface area contributed by atoms with Crippen molar-refractivity contribution in [3.8, 4) is 11.5 Å². The van der Waals surface area contributed by atoms with Crippen LogP contribution in [0.25, 0.3) is 6.08 Å². The molecule has 1 unspecified atom stereocenters. The number of hydrazine groups is 1. The average molecular weight is 417 g/mol. The highest BCUT2D eigenvalue weighted by atomic mass is 35.5. The fourth-order valence-corrected chi connectivity index (χ4v) is 2.89. The SMILES string of the molecule is COc1cc(Cl)cc(C=C2C(=O)NN(c3ccccc3)C2=O)c1OC(C)C(=O)O. The third-order valence-corrected chi connectivity index (χ3v) is 4.33. The summed E-state index contributed by atoms with van der Waals surface area (Å²) in [7, 11) is 1.37. The maximum Gasteiger partial charge on any atom is 0.344 e. The van der Waals surface area contributed by atoms with E-state index in [1.165, 1.54) is 32.2 Å². The van der Waals surface area contributed by atoms with Gasteiger partial charge >= 0.3 is 5.97 Å². The van der Waals surface area contributed by atoms with Crippen LogP contribution in [0.1, 0.15) is 12.5 Å². The smallest absolute Gasteiger partial charge is 0.344 e. The van der Waals surface area contributed by atoms with Crippen molar-refractivity contribution in [1.29, 1.82) is 0 Å². The van der Waals surface area contributed by atoms with Crippen LogP contribution in [0, 0.1) is 0 Å². The van der Waals surface area contributed by atoms with Crippen LogP contribution in [0.4, 0.5) is 5.69 Å². The number of hydrogen-bond acceptors (Lipinski definition) is 5. The minimum atomic E-state index is -1.20. The zero-order chi connectivity index (χ0) is 21.1. The molecule has 2 aromatic rings. The molecule has 1 aliphatic heterocycles. The van der Waals surface area contributed by atoms with Crippen molar-refractivity contribution >= 4 is 41.1 Å². The summed E-state index contributed by atoms with van der Waals surface area (Å²) in [6.07, 6.45) is 0.0926. The summed E-state index contributed by atoms with van der Waals surface area (Å²) < 4.78 is 10.7. The Morgan fingerprint density at radius 1 is 1.24 bits per heavy atom. The van der Waals surface area contributed by atoms with Crippen LogP contribution in [-0.4, -0.2) is 36.1 Å². The predicted octanol–water partition coefficient (Wildman–Crippen LogP) is 2.66. The molecule has 1 heterocycles. The number of para-hydroxylation sites is 1. The molecule has 0 radical (unpaired) electrons. The van der Waals surface area contributed by atoms with E-state index in [9.17, 15) is 14.4 Å². The van der Waals surface area contributed by atoms with Gasteiger partial charge in [0.2, 0.25) is 0 Å². The summed E-state index contributed by atoms with van der Waals surface area (Å²) in [5, 5.41) is 10.5. The third-order valence-electron chi connectivity index (χ3n) is 4.12. The second-order valence-corrected chi connectivity index (χ2v) is 6.54. The Morgan fingerprint density at radius 3 is 2.55 bits per heavy atom. The van der Waals surface area contributed by atoms with E-state index in [0.717, 1.165) is 5.01 Å². The van der Waals surface area contributed by atoms with Crippen LogP contribution in [0.2, 0.25) is 5.02 Å². The molecule has 2 aromatic carbocycles. The first-order valence-electron chi connectivity index (χ1n) is 8.51. The molecule has 9 heteroatoms. The number of aliphatic carboxylic acids is 1. The first-order valence-corrected chi connectivity index (χ1v) is 8.88. The molecule has 3 rings (SSSR count). The van der Waals surface area contributed by atoms with Gasteiger partial charge in [-0.05, 0) is 31.2 Å². The number of carboxylic acids is 1. The zero-order valence-electron chi connectivity index (χ0n) is 15.5. The minimum absolute atomic E-state index is 0.0538. The highest BCUT2D eigenvalue weighted by molar-refractivity contribution is 6.32. The van der Waals surface area contributed by atoms with Crippen LogP contribution < -0.4 is 19.9 Å². The fourth-order valence-electron chi connectivity index (χ4n) is 2.67. The van der Waals surface area contributed by atoms with Crippen molar-refractivity contribution in [3.63, 3.8) is 0 Å². The Balaban J connectivity index is 2.05. The number of carbonyl (C=O) groups excluding carboxylic acids is 2. The number of carboxylic acid groups (broad SMARTS) is 1. The summed E-state index contributed by atoms with van der Waals surface area (Å²) in [6.45, 7) is 1.35. The lowest BCUT2D eigenvalue weighted by molar-refractivity contribution is -0.144. The number of hydrogen-bond donors (Lipinski definition) is 2. The van der Waals surface area contributed by atoms with Gasteiger partial charge in [0.25, 0.3) is 11.8 Å². The maximum atomic E-state index is 12.8. The van der Waals surface area contributed by atoms with Crippen molar-refractivity contribution in [2.45, 2.75) is 13.0 Å². The van der Waals surface area contributed by atoms with Crippen molar-refractivity contribution in [1.82, 2.24) is 5.43 Å². The lowest BCUT2D eigenvalue weighted by Crippen LogP contribution is -2.35. The fraction of sp³-hybridized carbons (Fsp3) is 0.150. The molecule has 0 aliphatic carbocycles. The van der Waals surface area contributed by atoms with E-state index in [1.807, 2.05) is 0 Å². The normalized spacial score (nSPS) is 16.0. The lowest BCUT2D eigenvalue weighted by Gasteiger charge is -2.17. The van der Waals surface area contributed by atoms with E-state index in [2.05, 4.69) is 5.43 Å². The Hall–Kier alpha value is -3.52. The Labute approximate surface area is 171 Å². The predicted molar refractivity (Wildman–Crippen MR) is 106 cm³/mol. The molecule has 2 N–H and O–H groups in total. The van der Waals surface area contributed by atoms with Gasteiger partial charge in [-0.15, -0.1) is 0 Å². The summed E-state index contributed by atoms with van der Waals surface area (Å²) >= 11 is 6.11. The van der Waals surface area contributed by atoms with Gasteiger partial charge in [0.15, 0.2) is 17.6 Å². The summed E-state index contributed by atoms with van der Waals surface area (Å²) in [6, 6.07) is 11.5. The molecule has 2 amide bonds. The van der Waals surface area contributed by atoms with Crippen molar-refractivity contribution in [2.24, 2.45) is 0 Å². The zero-order valence-corrected chi connectivity index (χ0v) is 16.3. The number of carbonyl (C=O) groups is 3. The van der Waals surface area contributed by atoms with Gasteiger partial charge in [-0.3, -0.25) is 15.0 Å². The summed E-state index contributed by atoms with van der Waals surface area (Å²) in [5.41, 5.74) is 3.05. The molecule has 29 heavy (non-hydrogen) atoms. The van der Waals surface area contributed by atoms with Crippen LogP contribution in [0.5, 0.6) is 11.5 Å². The number of rotatable bonds is 6. The highest BCUT2D eigenvalue weighted by Gasteiger charge is 2.35. The van der Waals surface area contributed by atoms with Crippen LogP contribution in [0.3, 0.4) is 0 Å². The largest absolute Gasteiger partial charge is 0.493 e. The van der Waals surface area contributed by atoms with Gasteiger partial charge in [0.1, 0.15) is 5.57 Å². The quantitative estimate of drug-likeness (QED) is 0.554. The molecule has 0 saturated carbocycles. The molecule has 0 aromatic heterocycles. The van der Waals surface area contributed by atoms with E-state index >= 15 is 0 Å². The first-order chi connectivity index (χ1) is 13.8. The molecule has 0 spiro atoms. The van der Waals surface area contributed by atoms with Gasteiger partial charge in [-0.2, -0.15) is 0 Å². The standard InChI is InChI=1S/C20H17ClN2O6/c1-11(20(26)27)29-17-12(8-13(21)10-16(17)28-2)9-15-18(24)22-23(19(15)25)14-6-4-3-5-7-14/h3-11H,1-2H3,(H,22,24)(H,26,27). The maximum absolute atomic E-state index is 12.8. The number of amides is 2. The van der Waals surface area contributed by atoms with Gasteiger partial charge < -0.3 is 14.6 Å². The van der Waals surface area contributed by atoms with Gasteiger partial charge in [-0.25, -0.2) is 9.80 Å². The van der Waals surface area contributed by atoms with Crippen molar-refractivity contribution in [3.05, 3.63) is 58.6 Å². The van der Waals surface area contributed by atoms with Crippen LogP contribution >= 0.6 is 11.6 Å². The number of ether oxygens (including phenoxy) is 2. The minimum Gasteiger partial charge on any atom is -0.493 e. The molecule has 1 fully saturated rings. The summed E-state index contributed by atoms with van der Waals surface area (Å²) in [4.78, 5) is 36.4. The number of nitrogens with one attached hydrogen (secondary N) is 1. The molecule has 1 aliphatic rings. The second-order valence-electron chi connectivity index (χ2n) is 6.10. The van der Waals surface area contributed by atoms with E-state index in [1.54, 1.807) is 30.3 Å². The van der Waals surface area contributed by atoms with Gasteiger partial charge in [0.05, 0.1) is 12.8 Å². The lowest BCUT2D eigenvalue weighted by atomic mass is 10.1. The Kier molecular flexibility index (Phi) is 5.74. The van der Waals surface area contributed by atoms with Crippen LogP contribution in [0.15, 0.2) is 48.0 Å². The molecule has 150 valence electrons. The highest BCUT2D eigenvalue weighted by Crippen LogP contribution is 2.37.